The first-order valence-electron chi connectivity index (χ1n) is 8.48. The topological polar surface area (TPSA) is 81.4 Å². The zero-order chi connectivity index (χ0) is 18.4. The van der Waals surface area contributed by atoms with Crippen LogP contribution in [0.2, 0.25) is 0 Å². The third-order valence-corrected chi connectivity index (χ3v) is 5.65. The molecule has 1 atom stereocenters. The predicted octanol–water partition coefficient (Wildman–Crippen LogP) is 3.02. The lowest BCUT2D eigenvalue weighted by Crippen LogP contribution is -2.26. The Labute approximate surface area is 159 Å². The summed E-state index contributed by atoms with van der Waals surface area (Å²) in [5, 5.41) is 16.8. The Kier molecular flexibility index (Phi) is 3.71. The van der Waals surface area contributed by atoms with Crippen molar-refractivity contribution in [2.45, 2.75) is 17.3 Å². The van der Waals surface area contributed by atoms with Crippen LogP contribution in [0, 0.1) is 6.92 Å². The van der Waals surface area contributed by atoms with Gasteiger partial charge in [0, 0.05) is 5.56 Å². The molecule has 2 aliphatic rings. The number of hydrogen-bond donors (Lipinski definition) is 1. The van der Waals surface area contributed by atoms with E-state index in [4.69, 9.17) is 9.84 Å². The summed E-state index contributed by atoms with van der Waals surface area (Å²) in [5.41, 5.74) is 3.59. The molecule has 1 unspecified atom stereocenters. The van der Waals surface area contributed by atoms with Crippen molar-refractivity contribution >= 4 is 29.1 Å². The summed E-state index contributed by atoms with van der Waals surface area (Å²) in [7, 11) is 0. The molecular weight excluding hydrogens is 362 g/mol. The molecule has 1 aromatic heterocycles. The molecule has 27 heavy (non-hydrogen) atoms. The van der Waals surface area contributed by atoms with E-state index in [1.54, 1.807) is 16.4 Å². The van der Waals surface area contributed by atoms with Crippen LogP contribution >= 0.6 is 11.8 Å². The Morgan fingerprint density at radius 1 is 1.19 bits per heavy atom. The van der Waals surface area contributed by atoms with Crippen LogP contribution in [0.4, 0.5) is 5.69 Å². The quantitative estimate of drug-likeness (QED) is 0.742. The summed E-state index contributed by atoms with van der Waals surface area (Å²) < 4.78 is 7.23. The number of amides is 1. The molecule has 0 saturated carbocycles. The van der Waals surface area contributed by atoms with Crippen LogP contribution in [-0.2, 0) is 4.79 Å². The zero-order valence-electron chi connectivity index (χ0n) is 14.4. The van der Waals surface area contributed by atoms with Crippen LogP contribution in [0.25, 0.3) is 0 Å². The Morgan fingerprint density at radius 3 is 2.89 bits per heavy atom. The van der Waals surface area contributed by atoms with Crippen LogP contribution in [-0.4, -0.2) is 33.1 Å². The number of benzene rings is 2. The van der Waals surface area contributed by atoms with E-state index in [9.17, 15) is 4.79 Å². The summed E-state index contributed by atoms with van der Waals surface area (Å²) >= 11 is 1.61. The molecule has 0 radical (unpaired) electrons. The molecule has 7 nitrogen and oxygen atoms in total. The Hall–Kier alpha value is -3.13. The van der Waals surface area contributed by atoms with Crippen molar-refractivity contribution in [2.75, 3.05) is 11.9 Å². The van der Waals surface area contributed by atoms with Crippen LogP contribution in [0.1, 0.15) is 22.2 Å². The predicted molar refractivity (Wildman–Crippen MR) is 102 cm³/mol. The maximum absolute atomic E-state index is 11.7. The van der Waals surface area contributed by atoms with Gasteiger partial charge in [0.15, 0.2) is 12.4 Å². The van der Waals surface area contributed by atoms with Gasteiger partial charge in [-0.25, -0.2) is 0 Å². The first kappa shape index (κ1) is 16.1. The number of ether oxygens (including phenoxy) is 1. The van der Waals surface area contributed by atoms with E-state index in [0.29, 0.717) is 11.4 Å². The SMILES string of the molecule is Cc1nnc2n1N=C(c1ccc3c(c1)NC(=O)CO3)C(c1ccccc1)S2. The van der Waals surface area contributed by atoms with Gasteiger partial charge in [-0.3, -0.25) is 4.79 Å². The van der Waals surface area contributed by atoms with E-state index in [1.807, 2.05) is 43.3 Å². The van der Waals surface area contributed by atoms with Crippen molar-refractivity contribution in [3.63, 3.8) is 0 Å². The molecule has 3 heterocycles. The van der Waals surface area contributed by atoms with Gasteiger partial charge in [0.2, 0.25) is 5.16 Å². The molecule has 0 fully saturated rings. The molecule has 0 saturated heterocycles. The van der Waals surface area contributed by atoms with Gasteiger partial charge in [-0.2, -0.15) is 9.78 Å². The van der Waals surface area contributed by atoms with Crippen molar-refractivity contribution in [1.82, 2.24) is 14.9 Å². The van der Waals surface area contributed by atoms with Gasteiger partial charge in [-0.1, -0.05) is 42.1 Å². The Bertz CT molecular complexity index is 1080. The van der Waals surface area contributed by atoms with Crippen molar-refractivity contribution in [1.29, 1.82) is 0 Å². The van der Waals surface area contributed by atoms with E-state index < -0.39 is 0 Å². The number of hydrogen-bond acceptors (Lipinski definition) is 6. The minimum Gasteiger partial charge on any atom is -0.482 e. The maximum Gasteiger partial charge on any atom is 0.262 e. The zero-order valence-corrected chi connectivity index (χ0v) is 15.2. The normalized spacial score (nSPS) is 18.0. The van der Waals surface area contributed by atoms with Crippen molar-refractivity contribution in [3.05, 3.63) is 65.5 Å². The van der Waals surface area contributed by atoms with Gasteiger partial charge in [0.05, 0.1) is 16.6 Å². The lowest BCUT2D eigenvalue weighted by atomic mass is 10.0. The second-order valence-electron chi connectivity index (χ2n) is 6.28. The number of thioether (sulfide) groups is 1. The summed E-state index contributed by atoms with van der Waals surface area (Å²) in [5.74, 6) is 1.24. The van der Waals surface area contributed by atoms with Crippen LogP contribution in [0.15, 0.2) is 58.8 Å². The van der Waals surface area contributed by atoms with E-state index in [0.717, 1.165) is 27.8 Å². The molecule has 0 spiro atoms. The fourth-order valence-electron chi connectivity index (χ4n) is 3.15. The van der Waals surface area contributed by atoms with Crippen molar-refractivity contribution in [2.24, 2.45) is 5.10 Å². The number of carbonyl (C=O) groups is 1. The number of nitrogens with one attached hydrogen (secondary N) is 1. The molecule has 5 rings (SSSR count). The molecule has 3 aromatic rings. The van der Waals surface area contributed by atoms with E-state index in [1.165, 1.54) is 0 Å². The number of aromatic nitrogens is 3. The summed E-state index contributed by atoms with van der Waals surface area (Å²) in [6.07, 6.45) is 0. The third-order valence-electron chi connectivity index (χ3n) is 4.46. The van der Waals surface area contributed by atoms with Gasteiger partial charge in [0.1, 0.15) is 5.75 Å². The summed E-state index contributed by atoms with van der Waals surface area (Å²) in [6.45, 7) is 1.92. The van der Waals surface area contributed by atoms with Crippen molar-refractivity contribution in [3.8, 4) is 5.75 Å². The van der Waals surface area contributed by atoms with Gasteiger partial charge < -0.3 is 10.1 Å². The van der Waals surface area contributed by atoms with Gasteiger partial charge in [-0.05, 0) is 30.7 Å². The molecule has 0 aliphatic carbocycles. The largest absolute Gasteiger partial charge is 0.482 e. The van der Waals surface area contributed by atoms with E-state index >= 15 is 0 Å². The highest BCUT2D eigenvalue weighted by atomic mass is 32.2. The maximum atomic E-state index is 11.7. The highest BCUT2D eigenvalue weighted by molar-refractivity contribution is 8.00. The molecular formula is C19H15N5O2S. The van der Waals surface area contributed by atoms with Crippen LogP contribution in [0.5, 0.6) is 5.75 Å². The van der Waals surface area contributed by atoms with Gasteiger partial charge >= 0.3 is 0 Å². The Balaban J connectivity index is 1.65. The fourth-order valence-corrected chi connectivity index (χ4v) is 4.31. The number of anilines is 1. The first-order valence-corrected chi connectivity index (χ1v) is 9.36. The molecule has 2 aromatic carbocycles. The number of nitrogens with zero attached hydrogens (tertiary/aromatic N) is 4. The second-order valence-corrected chi connectivity index (χ2v) is 7.36. The first-order chi connectivity index (χ1) is 13.2. The average molecular weight is 377 g/mol. The fraction of sp³-hybridized carbons (Fsp3) is 0.158. The minimum atomic E-state index is -0.156. The average Bonchev–Trinajstić information content (AvgIpc) is 3.07. The minimum absolute atomic E-state index is 0.0273. The van der Waals surface area contributed by atoms with Crippen LogP contribution in [0.3, 0.4) is 0 Å². The molecule has 0 bridgehead atoms. The lowest BCUT2D eigenvalue weighted by Gasteiger charge is -2.25. The van der Waals surface area contributed by atoms with Gasteiger partial charge in [-0.15, -0.1) is 10.2 Å². The highest BCUT2D eigenvalue weighted by Crippen LogP contribution is 2.42. The molecule has 8 heteroatoms. The summed E-state index contributed by atoms with van der Waals surface area (Å²) in [6, 6.07) is 15.9. The van der Waals surface area contributed by atoms with Crippen molar-refractivity contribution < 1.29 is 9.53 Å². The standard InChI is InChI=1S/C19H15N5O2S/c1-11-21-22-19-24(11)23-17(18(27-19)12-5-3-2-4-6-12)13-7-8-15-14(9-13)20-16(25)10-26-15/h2-9,18H,10H2,1H3,(H,20,25). The molecule has 2 aliphatic heterocycles. The molecule has 1 N–H and O–H groups in total. The lowest BCUT2D eigenvalue weighted by molar-refractivity contribution is -0.118. The molecule has 134 valence electrons. The highest BCUT2D eigenvalue weighted by Gasteiger charge is 2.30. The second kappa shape index (κ2) is 6.24. The Morgan fingerprint density at radius 2 is 2.04 bits per heavy atom. The smallest absolute Gasteiger partial charge is 0.262 e. The van der Waals surface area contributed by atoms with Gasteiger partial charge in [0.25, 0.3) is 5.91 Å². The third kappa shape index (κ3) is 2.78. The van der Waals surface area contributed by atoms with E-state index in [-0.39, 0.29) is 17.8 Å². The number of fused-ring (bicyclic) bond motifs is 2. The summed E-state index contributed by atoms with van der Waals surface area (Å²) in [4.78, 5) is 11.7. The molecule has 1 amide bonds. The number of carbonyl (C=O) groups excluding carboxylic acids is 1. The number of rotatable bonds is 2. The monoisotopic (exact) mass is 377 g/mol. The van der Waals surface area contributed by atoms with Crippen LogP contribution < -0.4 is 10.1 Å². The number of aryl methyl sites for hydroxylation is 1. The van der Waals surface area contributed by atoms with E-state index in [2.05, 4.69) is 27.6 Å².